The number of hydrogen-bond donors (Lipinski definition) is 1. The minimum absolute atomic E-state index is 0.121. The second kappa shape index (κ2) is 6.23. The Balaban J connectivity index is 1.96. The zero-order valence-corrected chi connectivity index (χ0v) is 11.9. The van der Waals surface area contributed by atoms with Crippen LogP contribution in [0.2, 0.25) is 0 Å². The van der Waals surface area contributed by atoms with Gasteiger partial charge in [0.15, 0.2) is 0 Å². The fourth-order valence-electron chi connectivity index (χ4n) is 2.24. The van der Waals surface area contributed by atoms with Crippen molar-refractivity contribution in [3.8, 4) is 11.1 Å². The summed E-state index contributed by atoms with van der Waals surface area (Å²) in [4.78, 5) is 14.5. The highest BCUT2D eigenvalue weighted by molar-refractivity contribution is 5.72. The molecule has 0 aliphatic rings. The Hall–Kier alpha value is -3.28. The van der Waals surface area contributed by atoms with Gasteiger partial charge in [0.1, 0.15) is 5.82 Å². The summed E-state index contributed by atoms with van der Waals surface area (Å²) in [6.45, 7) is 0. The highest BCUT2D eigenvalue weighted by atomic mass is 19.1. The number of aromatic nitrogens is 1. The average Bonchev–Trinajstić information content (AvgIpc) is 2.56. The summed E-state index contributed by atoms with van der Waals surface area (Å²) in [6, 6.07) is 16.3. The van der Waals surface area contributed by atoms with E-state index in [9.17, 15) is 14.5 Å². The highest BCUT2D eigenvalue weighted by Gasteiger charge is 2.14. The summed E-state index contributed by atoms with van der Waals surface area (Å²) in [6.07, 6.45) is 1.47. The largest absolute Gasteiger partial charge is 0.334 e. The summed E-state index contributed by atoms with van der Waals surface area (Å²) < 4.78 is 13.9. The van der Waals surface area contributed by atoms with Gasteiger partial charge >= 0.3 is 5.69 Å². The van der Waals surface area contributed by atoms with Gasteiger partial charge in [-0.15, -0.1) is 0 Å². The van der Waals surface area contributed by atoms with E-state index in [-0.39, 0.29) is 17.3 Å². The van der Waals surface area contributed by atoms with Crippen LogP contribution in [0.5, 0.6) is 0 Å². The van der Waals surface area contributed by atoms with Crippen LogP contribution in [0.3, 0.4) is 0 Å². The number of nitrogens with zero attached hydrogens (tertiary/aromatic N) is 2. The van der Waals surface area contributed by atoms with Gasteiger partial charge in [-0.05, 0) is 29.8 Å². The molecule has 5 nitrogen and oxygen atoms in total. The van der Waals surface area contributed by atoms with Gasteiger partial charge in [0, 0.05) is 23.5 Å². The fraction of sp³-hybridized carbons (Fsp3) is 0. The van der Waals surface area contributed by atoms with Gasteiger partial charge in [-0.1, -0.05) is 30.3 Å². The third-order valence-corrected chi connectivity index (χ3v) is 3.29. The Morgan fingerprint density at radius 1 is 1.04 bits per heavy atom. The SMILES string of the molecule is O=[N+]([O-])c1cccnc1Nc1cccc(-c2ccccc2F)c1. The summed E-state index contributed by atoms with van der Waals surface area (Å²) in [5, 5.41) is 13.9. The Bertz CT molecular complexity index is 868. The molecular formula is C17H12FN3O2. The van der Waals surface area contributed by atoms with Gasteiger partial charge in [0.05, 0.1) is 4.92 Å². The minimum Gasteiger partial charge on any atom is -0.334 e. The topological polar surface area (TPSA) is 68.1 Å². The lowest BCUT2D eigenvalue weighted by Gasteiger charge is -2.09. The van der Waals surface area contributed by atoms with Crippen molar-refractivity contribution in [2.75, 3.05) is 5.32 Å². The van der Waals surface area contributed by atoms with Crippen LogP contribution >= 0.6 is 0 Å². The van der Waals surface area contributed by atoms with Crippen LogP contribution in [-0.4, -0.2) is 9.91 Å². The number of pyridine rings is 1. The van der Waals surface area contributed by atoms with Crippen molar-refractivity contribution in [3.63, 3.8) is 0 Å². The third-order valence-electron chi connectivity index (χ3n) is 3.29. The molecule has 2 aromatic carbocycles. The van der Waals surface area contributed by atoms with Crippen LogP contribution in [0.15, 0.2) is 66.9 Å². The molecule has 0 saturated carbocycles. The monoisotopic (exact) mass is 309 g/mol. The molecule has 0 atom stereocenters. The molecule has 0 spiro atoms. The predicted molar refractivity (Wildman–Crippen MR) is 86.0 cm³/mol. The number of halogens is 1. The molecule has 3 rings (SSSR count). The maximum Gasteiger partial charge on any atom is 0.311 e. The van der Waals surface area contributed by atoms with Gasteiger partial charge in [-0.3, -0.25) is 10.1 Å². The molecule has 0 radical (unpaired) electrons. The molecule has 114 valence electrons. The van der Waals surface area contributed by atoms with E-state index >= 15 is 0 Å². The van der Waals surface area contributed by atoms with E-state index < -0.39 is 4.92 Å². The molecule has 3 aromatic rings. The molecule has 23 heavy (non-hydrogen) atoms. The second-order valence-corrected chi connectivity index (χ2v) is 4.81. The van der Waals surface area contributed by atoms with E-state index in [1.165, 1.54) is 24.4 Å². The van der Waals surface area contributed by atoms with E-state index in [0.717, 1.165) is 0 Å². The normalized spacial score (nSPS) is 10.3. The number of rotatable bonds is 4. The van der Waals surface area contributed by atoms with Crippen LogP contribution in [0.25, 0.3) is 11.1 Å². The van der Waals surface area contributed by atoms with E-state index in [4.69, 9.17) is 0 Å². The summed E-state index contributed by atoms with van der Waals surface area (Å²) in [5.74, 6) is -0.184. The Kier molecular flexibility index (Phi) is 3.97. The average molecular weight is 309 g/mol. The van der Waals surface area contributed by atoms with Crippen LogP contribution in [-0.2, 0) is 0 Å². The standard InChI is InChI=1S/C17H12FN3O2/c18-15-8-2-1-7-14(15)12-5-3-6-13(11-12)20-17-16(21(22)23)9-4-10-19-17/h1-11H,(H,19,20). The first-order valence-electron chi connectivity index (χ1n) is 6.86. The number of hydrogen-bond acceptors (Lipinski definition) is 4. The summed E-state index contributed by atoms with van der Waals surface area (Å²) in [7, 11) is 0. The first-order chi connectivity index (χ1) is 11.1. The lowest BCUT2D eigenvalue weighted by molar-refractivity contribution is -0.384. The molecule has 0 bridgehead atoms. The maximum atomic E-state index is 13.9. The van der Waals surface area contributed by atoms with E-state index in [1.54, 1.807) is 42.5 Å². The Morgan fingerprint density at radius 3 is 2.65 bits per heavy atom. The Labute approximate surface area is 131 Å². The van der Waals surface area contributed by atoms with E-state index in [1.807, 2.05) is 0 Å². The predicted octanol–water partition coefficient (Wildman–Crippen LogP) is 4.54. The van der Waals surface area contributed by atoms with E-state index in [2.05, 4.69) is 10.3 Å². The van der Waals surface area contributed by atoms with Gasteiger partial charge in [0.25, 0.3) is 0 Å². The summed E-state index contributed by atoms with van der Waals surface area (Å²) in [5.41, 5.74) is 1.61. The lowest BCUT2D eigenvalue weighted by atomic mass is 10.0. The zero-order chi connectivity index (χ0) is 16.2. The molecule has 0 saturated heterocycles. The fourth-order valence-corrected chi connectivity index (χ4v) is 2.24. The smallest absolute Gasteiger partial charge is 0.311 e. The molecule has 0 unspecified atom stereocenters. The van der Waals surface area contributed by atoms with Gasteiger partial charge in [-0.25, -0.2) is 9.37 Å². The molecule has 1 heterocycles. The van der Waals surface area contributed by atoms with Crippen LogP contribution in [0.1, 0.15) is 0 Å². The van der Waals surface area contributed by atoms with Crippen molar-refractivity contribution in [3.05, 3.63) is 82.8 Å². The molecule has 1 aromatic heterocycles. The van der Waals surface area contributed by atoms with Crippen molar-refractivity contribution < 1.29 is 9.31 Å². The third kappa shape index (κ3) is 3.16. The first kappa shape index (κ1) is 14.6. The lowest BCUT2D eigenvalue weighted by Crippen LogP contribution is -1.99. The van der Waals surface area contributed by atoms with Crippen molar-refractivity contribution >= 4 is 17.2 Å². The van der Waals surface area contributed by atoms with Gasteiger partial charge in [-0.2, -0.15) is 0 Å². The minimum atomic E-state index is -0.504. The molecule has 6 heteroatoms. The number of benzene rings is 2. The van der Waals surface area contributed by atoms with Crippen molar-refractivity contribution in [1.29, 1.82) is 0 Å². The van der Waals surface area contributed by atoms with Gasteiger partial charge in [0.2, 0.25) is 5.82 Å². The van der Waals surface area contributed by atoms with Crippen molar-refractivity contribution in [2.45, 2.75) is 0 Å². The quantitative estimate of drug-likeness (QED) is 0.567. The molecular weight excluding hydrogens is 297 g/mol. The zero-order valence-electron chi connectivity index (χ0n) is 11.9. The van der Waals surface area contributed by atoms with Crippen molar-refractivity contribution in [2.24, 2.45) is 0 Å². The molecule has 0 aliphatic carbocycles. The molecule has 0 fully saturated rings. The summed E-state index contributed by atoms with van der Waals surface area (Å²) >= 11 is 0. The number of anilines is 2. The maximum absolute atomic E-state index is 13.9. The van der Waals surface area contributed by atoms with Gasteiger partial charge < -0.3 is 5.32 Å². The van der Waals surface area contributed by atoms with Crippen LogP contribution < -0.4 is 5.32 Å². The second-order valence-electron chi connectivity index (χ2n) is 4.81. The van der Waals surface area contributed by atoms with Crippen molar-refractivity contribution in [1.82, 2.24) is 4.98 Å². The molecule has 0 aliphatic heterocycles. The number of nitro groups is 1. The molecule has 0 amide bonds. The van der Waals surface area contributed by atoms with Crippen LogP contribution in [0, 0.1) is 15.9 Å². The molecule has 1 N–H and O–H groups in total. The number of nitrogens with one attached hydrogen (secondary N) is 1. The first-order valence-corrected chi connectivity index (χ1v) is 6.86. The van der Waals surface area contributed by atoms with E-state index in [0.29, 0.717) is 16.8 Å². The highest BCUT2D eigenvalue weighted by Crippen LogP contribution is 2.28. The Morgan fingerprint density at radius 2 is 1.87 bits per heavy atom. The van der Waals surface area contributed by atoms with Crippen LogP contribution in [0.4, 0.5) is 21.6 Å².